The molecule has 2 unspecified atom stereocenters. The highest BCUT2D eigenvalue weighted by Gasteiger charge is 2.30. The van der Waals surface area contributed by atoms with Gasteiger partial charge in [0.25, 0.3) is 0 Å². The highest BCUT2D eigenvalue weighted by Crippen LogP contribution is 2.45. The fraction of sp³-hybridized carbons (Fsp3) is 0.938. The summed E-state index contributed by atoms with van der Waals surface area (Å²) in [6.07, 6.45) is 42.0. The molecule has 0 saturated carbocycles. The van der Waals surface area contributed by atoms with Gasteiger partial charge in [-0.05, 0) is 31.6 Å². The van der Waals surface area contributed by atoms with Gasteiger partial charge in [0.2, 0.25) is 0 Å². The second-order valence-electron chi connectivity index (χ2n) is 23.6. The number of aliphatic hydroxyl groups is 1. The lowest BCUT2D eigenvalue weighted by Gasteiger charge is -2.21. The first-order valence-electron chi connectivity index (χ1n) is 33.6. The van der Waals surface area contributed by atoms with Gasteiger partial charge >= 0.3 is 39.5 Å². The maximum Gasteiger partial charge on any atom is 0.472 e. The molecule has 0 aromatic rings. The van der Waals surface area contributed by atoms with Gasteiger partial charge < -0.3 is 33.8 Å². The fourth-order valence-corrected chi connectivity index (χ4v) is 11.2. The zero-order chi connectivity index (χ0) is 61.3. The number of aliphatic hydroxyl groups excluding tert-OH is 1. The van der Waals surface area contributed by atoms with E-state index < -0.39 is 97.5 Å². The van der Waals surface area contributed by atoms with Gasteiger partial charge in [-0.25, -0.2) is 9.13 Å². The quantitative estimate of drug-likeness (QED) is 0.0222. The average molecular weight is 1230 g/mol. The van der Waals surface area contributed by atoms with E-state index in [9.17, 15) is 43.2 Å². The number of esters is 4. The van der Waals surface area contributed by atoms with Crippen LogP contribution < -0.4 is 0 Å². The number of carbonyl (C=O) groups is 4. The Morgan fingerprint density at radius 3 is 0.819 bits per heavy atom. The van der Waals surface area contributed by atoms with E-state index in [1.807, 2.05) is 0 Å². The smallest absolute Gasteiger partial charge is 0.462 e. The Bertz CT molecular complexity index is 1620. The summed E-state index contributed by atoms with van der Waals surface area (Å²) < 4.78 is 67.8. The molecule has 0 rings (SSSR count). The van der Waals surface area contributed by atoms with Crippen molar-refractivity contribution >= 4 is 39.5 Å². The standard InChI is InChI=1S/C64H124O17P2/c1-6-9-12-15-17-19-21-22-23-24-25-26-30-35-40-45-50-64(69)81-60(54-75-62(67)48-43-38-33-31-27-28-32-37-41-46-57(4)5)56-79-83(72,73)77-52-58(65)51-76-82(70,71)78-55-59(53-74-61(66)47-42-36-14-11-8-3)80-63(68)49-44-39-34-29-20-18-16-13-10-7-2/h57-60,65H,6-56H2,1-5H3,(H,70,71)(H,72,73)/t58-,59+,60+/m0/s1. The van der Waals surface area contributed by atoms with Crippen LogP contribution in [0, 0.1) is 5.92 Å². The van der Waals surface area contributed by atoms with Crippen molar-refractivity contribution in [3.63, 3.8) is 0 Å². The molecule has 17 nitrogen and oxygen atoms in total. The van der Waals surface area contributed by atoms with Crippen molar-refractivity contribution in [3.05, 3.63) is 0 Å². The summed E-state index contributed by atoms with van der Waals surface area (Å²) in [5, 5.41) is 10.5. The normalized spacial score (nSPS) is 14.2. The minimum absolute atomic E-state index is 0.105. The molecule has 492 valence electrons. The summed E-state index contributed by atoms with van der Waals surface area (Å²) in [7, 11) is -9.88. The minimum Gasteiger partial charge on any atom is -0.462 e. The molecule has 0 heterocycles. The van der Waals surface area contributed by atoms with Crippen molar-refractivity contribution in [1.82, 2.24) is 0 Å². The van der Waals surface area contributed by atoms with E-state index >= 15 is 0 Å². The summed E-state index contributed by atoms with van der Waals surface area (Å²) in [5.41, 5.74) is 0. The van der Waals surface area contributed by atoms with E-state index in [0.29, 0.717) is 25.7 Å². The topological polar surface area (TPSA) is 237 Å². The minimum atomic E-state index is -4.94. The van der Waals surface area contributed by atoms with Gasteiger partial charge in [-0.1, -0.05) is 272 Å². The van der Waals surface area contributed by atoms with E-state index in [0.717, 1.165) is 102 Å². The van der Waals surface area contributed by atoms with Crippen LogP contribution in [0.25, 0.3) is 0 Å². The van der Waals surface area contributed by atoms with Crippen LogP contribution in [0.1, 0.15) is 324 Å². The Labute approximate surface area is 505 Å². The van der Waals surface area contributed by atoms with Crippen molar-refractivity contribution in [3.8, 4) is 0 Å². The van der Waals surface area contributed by atoms with Gasteiger partial charge in [-0.15, -0.1) is 0 Å². The average Bonchev–Trinajstić information content (AvgIpc) is 3.45. The lowest BCUT2D eigenvalue weighted by molar-refractivity contribution is -0.161. The Morgan fingerprint density at radius 1 is 0.325 bits per heavy atom. The number of hydrogen-bond acceptors (Lipinski definition) is 15. The van der Waals surface area contributed by atoms with Gasteiger partial charge in [-0.2, -0.15) is 0 Å². The number of carbonyl (C=O) groups excluding carboxylic acids is 4. The molecule has 0 aliphatic rings. The Balaban J connectivity index is 5.16. The number of rotatable bonds is 64. The Kier molecular flexibility index (Phi) is 56.4. The summed E-state index contributed by atoms with van der Waals surface area (Å²) in [5.74, 6) is -1.40. The van der Waals surface area contributed by atoms with Crippen LogP contribution in [-0.2, 0) is 65.4 Å². The van der Waals surface area contributed by atoms with Gasteiger partial charge in [-0.3, -0.25) is 37.3 Å². The fourth-order valence-electron chi connectivity index (χ4n) is 9.58. The van der Waals surface area contributed by atoms with Crippen LogP contribution in [-0.4, -0.2) is 96.7 Å². The van der Waals surface area contributed by atoms with Crippen LogP contribution in [0.4, 0.5) is 0 Å². The number of unbranched alkanes of at least 4 members (excludes halogenated alkanes) is 36. The lowest BCUT2D eigenvalue weighted by atomic mass is 10.0. The predicted molar refractivity (Wildman–Crippen MR) is 331 cm³/mol. The summed E-state index contributed by atoms with van der Waals surface area (Å²) in [4.78, 5) is 72.0. The number of phosphoric acid groups is 2. The molecular formula is C64H124O17P2. The van der Waals surface area contributed by atoms with Gasteiger partial charge in [0.15, 0.2) is 12.2 Å². The molecule has 0 amide bonds. The van der Waals surface area contributed by atoms with Gasteiger partial charge in [0.05, 0.1) is 26.4 Å². The third kappa shape index (κ3) is 58.8. The van der Waals surface area contributed by atoms with E-state index in [1.165, 1.54) is 141 Å². The number of ether oxygens (including phenoxy) is 4. The van der Waals surface area contributed by atoms with E-state index in [-0.39, 0.29) is 25.7 Å². The van der Waals surface area contributed by atoms with Crippen LogP contribution in [0.2, 0.25) is 0 Å². The Hall–Kier alpha value is -1.94. The first kappa shape index (κ1) is 81.1. The molecular weight excluding hydrogens is 1100 g/mol. The Morgan fingerprint density at radius 2 is 0.554 bits per heavy atom. The van der Waals surface area contributed by atoms with Crippen LogP contribution in [0.3, 0.4) is 0 Å². The molecule has 0 aliphatic carbocycles. The second kappa shape index (κ2) is 57.8. The van der Waals surface area contributed by atoms with Gasteiger partial charge in [0.1, 0.15) is 19.3 Å². The molecule has 5 atom stereocenters. The van der Waals surface area contributed by atoms with E-state index in [2.05, 4.69) is 34.6 Å². The molecule has 0 fully saturated rings. The summed E-state index contributed by atoms with van der Waals surface area (Å²) in [6, 6.07) is 0. The van der Waals surface area contributed by atoms with E-state index in [1.54, 1.807) is 0 Å². The SMILES string of the molecule is CCCCCCCCCCCCCCCCCCC(=O)O[C@H](COC(=O)CCCCCCCCCCCC(C)C)COP(=O)(O)OC[C@@H](O)COP(=O)(O)OC[C@@H](COC(=O)CCCCCCC)OC(=O)CCCCCCCCCCCC. The zero-order valence-corrected chi connectivity index (χ0v) is 55.1. The van der Waals surface area contributed by atoms with Crippen molar-refractivity contribution in [2.45, 2.75) is 342 Å². The maximum atomic E-state index is 13.0. The molecule has 0 aliphatic heterocycles. The third-order valence-electron chi connectivity index (χ3n) is 14.8. The molecule has 0 saturated heterocycles. The molecule has 3 N–H and O–H groups in total. The highest BCUT2D eigenvalue weighted by molar-refractivity contribution is 7.47. The summed E-state index contributed by atoms with van der Waals surface area (Å²) >= 11 is 0. The number of hydrogen-bond donors (Lipinski definition) is 3. The second-order valence-corrected chi connectivity index (χ2v) is 26.5. The molecule has 0 spiro atoms. The van der Waals surface area contributed by atoms with Crippen LogP contribution in [0.5, 0.6) is 0 Å². The molecule has 0 aromatic carbocycles. The highest BCUT2D eigenvalue weighted by atomic mass is 31.2. The van der Waals surface area contributed by atoms with Crippen molar-refractivity contribution < 1.29 is 80.2 Å². The van der Waals surface area contributed by atoms with Gasteiger partial charge in [0, 0.05) is 25.7 Å². The third-order valence-corrected chi connectivity index (χ3v) is 16.7. The molecule has 19 heteroatoms. The van der Waals surface area contributed by atoms with Crippen molar-refractivity contribution in [2.24, 2.45) is 5.92 Å². The molecule has 0 aromatic heterocycles. The lowest BCUT2D eigenvalue weighted by Crippen LogP contribution is -2.30. The first-order valence-corrected chi connectivity index (χ1v) is 36.6. The molecule has 0 bridgehead atoms. The predicted octanol–water partition coefficient (Wildman–Crippen LogP) is 17.8. The van der Waals surface area contributed by atoms with E-state index in [4.69, 9.17) is 37.0 Å². The van der Waals surface area contributed by atoms with Crippen molar-refractivity contribution in [1.29, 1.82) is 0 Å². The van der Waals surface area contributed by atoms with Crippen LogP contribution >= 0.6 is 15.6 Å². The zero-order valence-electron chi connectivity index (χ0n) is 53.3. The number of phosphoric ester groups is 2. The molecule has 83 heavy (non-hydrogen) atoms. The van der Waals surface area contributed by atoms with Crippen LogP contribution in [0.15, 0.2) is 0 Å². The first-order chi connectivity index (χ1) is 40.0. The summed E-state index contributed by atoms with van der Waals surface area (Å²) in [6.45, 7) is 7.09. The largest absolute Gasteiger partial charge is 0.472 e. The molecule has 0 radical (unpaired) electrons. The van der Waals surface area contributed by atoms with Crippen molar-refractivity contribution in [2.75, 3.05) is 39.6 Å². The maximum absolute atomic E-state index is 13.0. The monoisotopic (exact) mass is 1230 g/mol.